The number of aromatic nitrogens is 1. The highest BCUT2D eigenvalue weighted by Gasteiger charge is 2.11. The third-order valence-corrected chi connectivity index (χ3v) is 2.97. The monoisotopic (exact) mass is 290 g/mol. The molecular formula is C15H15ClN2O2. The number of benzene rings is 1. The van der Waals surface area contributed by atoms with E-state index in [9.17, 15) is 9.90 Å². The van der Waals surface area contributed by atoms with Gasteiger partial charge in [-0.1, -0.05) is 31.5 Å². The molecule has 2 N–H and O–H groups in total. The molecule has 2 rings (SSSR count). The Hall–Kier alpha value is -2.07. The molecule has 1 heterocycles. The second-order valence-electron chi connectivity index (χ2n) is 4.76. The van der Waals surface area contributed by atoms with Gasteiger partial charge in [-0.15, -0.1) is 0 Å². The van der Waals surface area contributed by atoms with Gasteiger partial charge >= 0.3 is 0 Å². The van der Waals surface area contributed by atoms with Crippen molar-refractivity contribution in [1.82, 2.24) is 4.98 Å². The van der Waals surface area contributed by atoms with Gasteiger partial charge in [-0.25, -0.2) is 4.98 Å². The zero-order valence-electron chi connectivity index (χ0n) is 11.2. The van der Waals surface area contributed by atoms with Crippen molar-refractivity contribution in [2.45, 2.75) is 19.8 Å². The highest BCUT2D eigenvalue weighted by atomic mass is 35.5. The zero-order chi connectivity index (χ0) is 14.7. The largest absolute Gasteiger partial charge is 0.508 e. The summed E-state index contributed by atoms with van der Waals surface area (Å²) in [7, 11) is 0. The Morgan fingerprint density at radius 2 is 2.05 bits per heavy atom. The van der Waals surface area contributed by atoms with Crippen molar-refractivity contribution in [3.63, 3.8) is 0 Å². The van der Waals surface area contributed by atoms with Crippen LogP contribution in [0.4, 0.5) is 5.69 Å². The number of phenolic OH excluding ortho intramolecular Hbond substituents is 1. The molecule has 104 valence electrons. The topological polar surface area (TPSA) is 62.2 Å². The lowest BCUT2D eigenvalue weighted by Gasteiger charge is -2.09. The van der Waals surface area contributed by atoms with Crippen LogP contribution in [0.2, 0.25) is 5.15 Å². The van der Waals surface area contributed by atoms with Crippen LogP contribution >= 0.6 is 11.6 Å². The lowest BCUT2D eigenvalue weighted by atomic mass is 10.1. The van der Waals surface area contributed by atoms with Crippen LogP contribution in [0.15, 0.2) is 36.4 Å². The van der Waals surface area contributed by atoms with Crippen LogP contribution in [-0.4, -0.2) is 16.0 Å². The number of hydrogen-bond acceptors (Lipinski definition) is 3. The molecule has 20 heavy (non-hydrogen) atoms. The van der Waals surface area contributed by atoms with Gasteiger partial charge < -0.3 is 10.4 Å². The smallest absolute Gasteiger partial charge is 0.255 e. The molecule has 0 radical (unpaired) electrons. The fourth-order valence-corrected chi connectivity index (χ4v) is 1.95. The number of aromatic hydroxyl groups is 1. The predicted octanol–water partition coefficient (Wildman–Crippen LogP) is 3.82. The molecule has 1 amide bonds. The third-order valence-electron chi connectivity index (χ3n) is 2.77. The molecule has 2 aromatic rings. The Kier molecular flexibility index (Phi) is 4.25. The van der Waals surface area contributed by atoms with Gasteiger partial charge in [0.15, 0.2) is 0 Å². The lowest BCUT2D eigenvalue weighted by molar-refractivity contribution is 0.102. The molecule has 1 aromatic heterocycles. The van der Waals surface area contributed by atoms with Crippen molar-refractivity contribution in [3.05, 3.63) is 52.8 Å². The van der Waals surface area contributed by atoms with Gasteiger partial charge in [-0.05, 0) is 30.2 Å². The minimum absolute atomic E-state index is 0.0958. The summed E-state index contributed by atoms with van der Waals surface area (Å²) in [5.74, 6) is -0.0127. The third kappa shape index (κ3) is 3.48. The van der Waals surface area contributed by atoms with E-state index in [0.29, 0.717) is 11.3 Å². The SMILES string of the molecule is CC(C)c1cc(C(=O)Nc2cccc(O)c2)cc(Cl)n1. The van der Waals surface area contributed by atoms with Crippen molar-refractivity contribution >= 4 is 23.2 Å². The van der Waals surface area contributed by atoms with Crippen molar-refractivity contribution in [3.8, 4) is 5.75 Å². The molecule has 0 fully saturated rings. The number of nitrogens with zero attached hydrogens (tertiary/aromatic N) is 1. The van der Waals surface area contributed by atoms with E-state index in [2.05, 4.69) is 10.3 Å². The normalized spacial score (nSPS) is 10.6. The molecule has 0 bridgehead atoms. The molecular weight excluding hydrogens is 276 g/mol. The van der Waals surface area contributed by atoms with E-state index in [1.165, 1.54) is 18.2 Å². The van der Waals surface area contributed by atoms with Gasteiger partial charge in [0, 0.05) is 23.0 Å². The zero-order valence-corrected chi connectivity index (χ0v) is 12.0. The lowest BCUT2D eigenvalue weighted by Crippen LogP contribution is -2.13. The molecule has 0 unspecified atom stereocenters. The second kappa shape index (κ2) is 5.92. The minimum atomic E-state index is -0.290. The van der Waals surface area contributed by atoms with Crippen LogP contribution in [0.3, 0.4) is 0 Å². The van der Waals surface area contributed by atoms with Crippen molar-refractivity contribution < 1.29 is 9.90 Å². The summed E-state index contributed by atoms with van der Waals surface area (Å²) in [6.45, 7) is 3.96. The van der Waals surface area contributed by atoms with Gasteiger partial charge in [0.1, 0.15) is 10.9 Å². The number of amides is 1. The van der Waals surface area contributed by atoms with Gasteiger partial charge in [-0.2, -0.15) is 0 Å². The number of hydrogen-bond donors (Lipinski definition) is 2. The average Bonchev–Trinajstić information content (AvgIpc) is 2.37. The summed E-state index contributed by atoms with van der Waals surface area (Å²) in [5, 5.41) is 12.4. The number of nitrogens with one attached hydrogen (secondary N) is 1. The summed E-state index contributed by atoms with van der Waals surface area (Å²) in [6.07, 6.45) is 0. The van der Waals surface area contributed by atoms with E-state index < -0.39 is 0 Å². The van der Waals surface area contributed by atoms with E-state index in [1.54, 1.807) is 18.2 Å². The number of phenols is 1. The summed E-state index contributed by atoms with van der Waals surface area (Å²) >= 11 is 5.94. The number of pyridine rings is 1. The van der Waals surface area contributed by atoms with Gasteiger partial charge in [0.2, 0.25) is 0 Å². The van der Waals surface area contributed by atoms with Gasteiger partial charge in [-0.3, -0.25) is 4.79 Å². The fourth-order valence-electron chi connectivity index (χ4n) is 1.73. The van der Waals surface area contributed by atoms with E-state index >= 15 is 0 Å². The Balaban J connectivity index is 2.25. The number of rotatable bonds is 3. The molecule has 5 heteroatoms. The van der Waals surface area contributed by atoms with E-state index in [-0.39, 0.29) is 22.7 Å². The predicted molar refractivity (Wildman–Crippen MR) is 79.4 cm³/mol. The second-order valence-corrected chi connectivity index (χ2v) is 5.15. The Morgan fingerprint density at radius 3 is 2.70 bits per heavy atom. The molecule has 0 saturated carbocycles. The van der Waals surface area contributed by atoms with Crippen molar-refractivity contribution in [2.24, 2.45) is 0 Å². The number of anilines is 1. The van der Waals surface area contributed by atoms with E-state index in [1.807, 2.05) is 13.8 Å². The van der Waals surface area contributed by atoms with Crippen LogP contribution in [0.1, 0.15) is 35.8 Å². The molecule has 0 aliphatic rings. The number of carbonyl (C=O) groups is 1. The first kappa shape index (κ1) is 14.3. The quantitative estimate of drug-likeness (QED) is 0.845. The molecule has 1 aromatic carbocycles. The molecule has 0 aliphatic carbocycles. The summed E-state index contributed by atoms with van der Waals surface area (Å²) < 4.78 is 0. The highest BCUT2D eigenvalue weighted by Crippen LogP contribution is 2.20. The Morgan fingerprint density at radius 1 is 1.30 bits per heavy atom. The van der Waals surface area contributed by atoms with Crippen molar-refractivity contribution in [2.75, 3.05) is 5.32 Å². The number of halogens is 1. The molecule has 0 spiro atoms. The van der Waals surface area contributed by atoms with Crippen LogP contribution in [0.5, 0.6) is 5.75 Å². The van der Waals surface area contributed by atoms with E-state index in [0.717, 1.165) is 5.69 Å². The Bertz CT molecular complexity index is 642. The maximum atomic E-state index is 12.2. The van der Waals surface area contributed by atoms with E-state index in [4.69, 9.17) is 11.6 Å². The van der Waals surface area contributed by atoms with Gasteiger partial charge in [0.05, 0.1) is 0 Å². The van der Waals surface area contributed by atoms with Crippen LogP contribution in [0, 0.1) is 0 Å². The van der Waals surface area contributed by atoms with Crippen LogP contribution in [-0.2, 0) is 0 Å². The van der Waals surface area contributed by atoms with Gasteiger partial charge in [0.25, 0.3) is 5.91 Å². The van der Waals surface area contributed by atoms with Crippen LogP contribution < -0.4 is 5.32 Å². The number of carbonyl (C=O) groups excluding carboxylic acids is 1. The first-order valence-corrected chi connectivity index (χ1v) is 6.61. The molecule has 0 saturated heterocycles. The minimum Gasteiger partial charge on any atom is -0.508 e. The molecule has 0 aliphatic heterocycles. The average molecular weight is 291 g/mol. The maximum Gasteiger partial charge on any atom is 0.255 e. The maximum absolute atomic E-state index is 12.2. The fraction of sp³-hybridized carbons (Fsp3) is 0.200. The summed E-state index contributed by atoms with van der Waals surface area (Å²) in [5.41, 5.74) is 1.73. The summed E-state index contributed by atoms with van der Waals surface area (Å²) in [4.78, 5) is 16.4. The highest BCUT2D eigenvalue weighted by molar-refractivity contribution is 6.29. The first-order valence-electron chi connectivity index (χ1n) is 6.23. The van der Waals surface area contributed by atoms with Crippen molar-refractivity contribution in [1.29, 1.82) is 0 Å². The Labute approximate surface area is 122 Å². The molecule has 4 nitrogen and oxygen atoms in total. The standard InChI is InChI=1S/C15H15ClN2O2/c1-9(2)13-6-10(7-14(16)18-13)15(20)17-11-4-3-5-12(19)8-11/h3-9,19H,1-2H3,(H,17,20). The first-order chi connectivity index (χ1) is 9.45. The molecule has 0 atom stereocenters. The van der Waals surface area contributed by atoms with Crippen LogP contribution in [0.25, 0.3) is 0 Å². The summed E-state index contributed by atoms with van der Waals surface area (Å²) in [6, 6.07) is 9.61.